The molecule has 2 fully saturated rings. The first-order valence-corrected chi connectivity index (χ1v) is 10.6. The summed E-state index contributed by atoms with van der Waals surface area (Å²) in [6.45, 7) is 2.87. The standard InChI is InChI=1S/C23H25F2N3O4/c1-14(29)26-12-18-13-28(23(31)32-18)16-3-4-19(20(24)11-16)15-2-5-22(21(25)10-15)27-8-6-17(30)7-9-27/h2-5,10-11,17-18,30H,6-9,12-13H2,1H3,(H,26,29). The van der Waals surface area contributed by atoms with Crippen molar-refractivity contribution in [1.82, 2.24) is 5.32 Å². The van der Waals surface area contributed by atoms with Crippen LogP contribution in [0.1, 0.15) is 19.8 Å². The van der Waals surface area contributed by atoms with Crippen LogP contribution in [0.15, 0.2) is 36.4 Å². The first-order valence-electron chi connectivity index (χ1n) is 10.6. The quantitative estimate of drug-likeness (QED) is 0.739. The van der Waals surface area contributed by atoms with E-state index < -0.39 is 23.8 Å². The zero-order valence-electron chi connectivity index (χ0n) is 17.7. The first kappa shape index (κ1) is 22.0. The minimum absolute atomic E-state index is 0.180. The van der Waals surface area contributed by atoms with E-state index in [1.54, 1.807) is 18.2 Å². The van der Waals surface area contributed by atoms with E-state index in [-0.39, 0.29) is 30.7 Å². The van der Waals surface area contributed by atoms with Crippen LogP contribution in [0.4, 0.5) is 25.0 Å². The van der Waals surface area contributed by atoms with Gasteiger partial charge in [0.2, 0.25) is 5.91 Å². The summed E-state index contributed by atoms with van der Waals surface area (Å²) in [7, 11) is 0. The molecule has 0 aliphatic carbocycles. The van der Waals surface area contributed by atoms with Crippen molar-refractivity contribution in [2.24, 2.45) is 0 Å². The molecule has 0 radical (unpaired) electrons. The summed E-state index contributed by atoms with van der Waals surface area (Å²) >= 11 is 0. The van der Waals surface area contributed by atoms with Gasteiger partial charge in [0.1, 0.15) is 17.7 Å². The molecule has 0 saturated carbocycles. The zero-order valence-corrected chi connectivity index (χ0v) is 17.7. The van der Waals surface area contributed by atoms with Gasteiger partial charge in [0.15, 0.2) is 0 Å². The number of benzene rings is 2. The molecule has 2 aromatic carbocycles. The first-order chi connectivity index (χ1) is 15.3. The van der Waals surface area contributed by atoms with E-state index in [2.05, 4.69) is 5.32 Å². The Bertz CT molecular complexity index is 1020. The fraction of sp³-hybridized carbons (Fsp3) is 0.391. The Morgan fingerprint density at radius 3 is 2.56 bits per heavy atom. The molecule has 2 N–H and O–H groups in total. The van der Waals surface area contributed by atoms with Crippen molar-refractivity contribution in [3.05, 3.63) is 48.0 Å². The van der Waals surface area contributed by atoms with Gasteiger partial charge in [-0.05, 0) is 48.7 Å². The van der Waals surface area contributed by atoms with Crippen molar-refractivity contribution in [3.63, 3.8) is 0 Å². The fourth-order valence-electron chi connectivity index (χ4n) is 4.04. The van der Waals surface area contributed by atoms with Gasteiger partial charge in [-0.15, -0.1) is 0 Å². The van der Waals surface area contributed by atoms with Crippen LogP contribution in [-0.2, 0) is 9.53 Å². The van der Waals surface area contributed by atoms with Crippen LogP contribution in [0.5, 0.6) is 0 Å². The van der Waals surface area contributed by atoms with Crippen molar-refractivity contribution in [3.8, 4) is 11.1 Å². The summed E-state index contributed by atoms with van der Waals surface area (Å²) in [5.74, 6) is -1.27. The van der Waals surface area contributed by atoms with Crippen molar-refractivity contribution in [2.45, 2.75) is 32.0 Å². The number of halogens is 2. The number of amides is 2. The Labute approximate surface area is 184 Å². The van der Waals surface area contributed by atoms with E-state index in [4.69, 9.17) is 4.74 Å². The number of piperidine rings is 1. The van der Waals surface area contributed by atoms with Gasteiger partial charge in [-0.25, -0.2) is 13.6 Å². The van der Waals surface area contributed by atoms with E-state index >= 15 is 0 Å². The smallest absolute Gasteiger partial charge is 0.414 e. The number of cyclic esters (lactones) is 1. The predicted octanol–water partition coefficient (Wildman–Crippen LogP) is 3.05. The lowest BCUT2D eigenvalue weighted by Crippen LogP contribution is -2.36. The lowest BCUT2D eigenvalue weighted by atomic mass is 10.0. The number of aliphatic hydroxyl groups is 1. The maximum Gasteiger partial charge on any atom is 0.414 e. The molecular weight excluding hydrogens is 420 g/mol. The van der Waals surface area contributed by atoms with E-state index in [1.807, 2.05) is 4.90 Å². The van der Waals surface area contributed by atoms with Crippen LogP contribution in [-0.4, -0.2) is 55.5 Å². The third kappa shape index (κ3) is 4.67. The van der Waals surface area contributed by atoms with Crippen molar-refractivity contribution < 1.29 is 28.2 Å². The van der Waals surface area contributed by atoms with Gasteiger partial charge < -0.3 is 20.1 Å². The highest BCUT2D eigenvalue weighted by molar-refractivity contribution is 5.90. The summed E-state index contributed by atoms with van der Waals surface area (Å²) in [5, 5.41) is 12.2. The van der Waals surface area contributed by atoms with Gasteiger partial charge in [0.05, 0.1) is 30.6 Å². The molecule has 2 aliphatic rings. The van der Waals surface area contributed by atoms with Gasteiger partial charge in [-0.2, -0.15) is 0 Å². The fourth-order valence-corrected chi connectivity index (χ4v) is 4.04. The van der Waals surface area contributed by atoms with E-state index in [9.17, 15) is 23.5 Å². The lowest BCUT2D eigenvalue weighted by Gasteiger charge is -2.31. The highest BCUT2D eigenvalue weighted by atomic mass is 19.1. The highest BCUT2D eigenvalue weighted by Gasteiger charge is 2.32. The molecule has 0 aromatic heterocycles. The number of rotatable bonds is 5. The maximum absolute atomic E-state index is 14.9. The number of nitrogens with zero attached hydrogens (tertiary/aromatic N) is 2. The molecule has 1 unspecified atom stereocenters. The SMILES string of the molecule is CC(=O)NCC1CN(c2ccc(-c3ccc(N4CCC(O)CC4)c(F)c3)c(F)c2)C(=O)O1. The molecule has 2 heterocycles. The number of carbonyl (C=O) groups is 2. The maximum atomic E-state index is 14.9. The highest BCUT2D eigenvalue weighted by Crippen LogP contribution is 2.32. The monoisotopic (exact) mass is 445 g/mol. The Morgan fingerprint density at radius 2 is 1.91 bits per heavy atom. The Morgan fingerprint density at radius 1 is 1.16 bits per heavy atom. The van der Waals surface area contributed by atoms with E-state index in [0.717, 1.165) is 0 Å². The van der Waals surface area contributed by atoms with Crippen LogP contribution in [0.2, 0.25) is 0 Å². The van der Waals surface area contributed by atoms with Gasteiger partial charge in [-0.1, -0.05) is 6.07 Å². The summed E-state index contributed by atoms with van der Waals surface area (Å²) in [6.07, 6.45) is -0.319. The Kier molecular flexibility index (Phi) is 6.27. The number of hydrogen-bond acceptors (Lipinski definition) is 5. The van der Waals surface area contributed by atoms with E-state index in [0.29, 0.717) is 42.9 Å². The average molecular weight is 445 g/mol. The van der Waals surface area contributed by atoms with Gasteiger partial charge >= 0.3 is 6.09 Å². The van der Waals surface area contributed by atoms with Gasteiger partial charge in [0.25, 0.3) is 0 Å². The summed E-state index contributed by atoms with van der Waals surface area (Å²) < 4.78 is 34.9. The third-order valence-electron chi connectivity index (χ3n) is 5.78. The molecule has 2 amide bonds. The number of carbonyl (C=O) groups excluding carboxylic acids is 2. The summed E-state index contributed by atoms with van der Waals surface area (Å²) in [6, 6.07) is 8.89. The molecule has 2 aromatic rings. The number of hydrogen-bond donors (Lipinski definition) is 2. The normalized spacial score (nSPS) is 19.2. The third-order valence-corrected chi connectivity index (χ3v) is 5.78. The minimum atomic E-state index is -0.616. The summed E-state index contributed by atoms with van der Waals surface area (Å²) in [5.41, 5.74) is 1.36. The molecule has 32 heavy (non-hydrogen) atoms. The average Bonchev–Trinajstić information content (AvgIpc) is 3.13. The topological polar surface area (TPSA) is 82.1 Å². The molecule has 9 heteroatoms. The van der Waals surface area contributed by atoms with Crippen LogP contribution >= 0.6 is 0 Å². The molecule has 1 atom stereocenters. The van der Waals surface area contributed by atoms with Crippen LogP contribution in [0.25, 0.3) is 11.1 Å². The molecule has 0 bridgehead atoms. The molecule has 4 rings (SSSR count). The van der Waals surface area contributed by atoms with Crippen molar-refractivity contribution in [2.75, 3.05) is 36.0 Å². The molecule has 0 spiro atoms. The molecular formula is C23H25F2N3O4. The molecule has 2 saturated heterocycles. The zero-order chi connectivity index (χ0) is 22.8. The van der Waals surface area contributed by atoms with Crippen LogP contribution in [0.3, 0.4) is 0 Å². The van der Waals surface area contributed by atoms with Crippen molar-refractivity contribution in [1.29, 1.82) is 0 Å². The van der Waals surface area contributed by atoms with Crippen LogP contribution < -0.4 is 15.1 Å². The number of ether oxygens (including phenoxy) is 1. The largest absolute Gasteiger partial charge is 0.442 e. The molecule has 7 nitrogen and oxygen atoms in total. The van der Waals surface area contributed by atoms with Gasteiger partial charge in [0, 0.05) is 25.6 Å². The minimum Gasteiger partial charge on any atom is -0.442 e. The van der Waals surface area contributed by atoms with E-state index in [1.165, 1.54) is 30.0 Å². The lowest BCUT2D eigenvalue weighted by molar-refractivity contribution is -0.119. The number of nitrogens with one attached hydrogen (secondary N) is 1. The van der Waals surface area contributed by atoms with Crippen molar-refractivity contribution >= 4 is 23.4 Å². The molecule has 170 valence electrons. The van der Waals surface area contributed by atoms with Crippen LogP contribution in [0, 0.1) is 11.6 Å². The second kappa shape index (κ2) is 9.12. The van der Waals surface area contributed by atoms with Gasteiger partial charge in [-0.3, -0.25) is 9.69 Å². The Hall–Kier alpha value is -3.20. The second-order valence-corrected chi connectivity index (χ2v) is 8.10. The molecule has 2 aliphatic heterocycles. The number of anilines is 2. The second-order valence-electron chi connectivity index (χ2n) is 8.10. The predicted molar refractivity (Wildman–Crippen MR) is 116 cm³/mol. The number of aliphatic hydroxyl groups excluding tert-OH is 1. The summed E-state index contributed by atoms with van der Waals surface area (Å²) in [4.78, 5) is 26.4. The Balaban J connectivity index is 1.49.